The molecule has 0 unspecified atom stereocenters. The van der Waals surface area contributed by atoms with E-state index >= 15 is 0 Å². The van der Waals surface area contributed by atoms with Gasteiger partial charge >= 0.3 is 5.97 Å². The Hall–Kier alpha value is -4.11. The second-order valence-electron chi connectivity index (χ2n) is 7.55. The Bertz CT molecular complexity index is 1340. The minimum atomic E-state index is -1.02. The molecule has 0 radical (unpaired) electrons. The lowest BCUT2D eigenvalue weighted by molar-refractivity contribution is -0.121. The molecule has 178 valence electrons. The summed E-state index contributed by atoms with van der Waals surface area (Å²) >= 11 is 1.22. The van der Waals surface area contributed by atoms with E-state index in [1.54, 1.807) is 55.6 Å². The smallest absolute Gasteiger partial charge is 0.335 e. The van der Waals surface area contributed by atoms with Crippen molar-refractivity contribution in [1.82, 2.24) is 4.90 Å². The third-order valence-corrected chi connectivity index (χ3v) is 6.17. The predicted octanol–water partition coefficient (Wildman–Crippen LogP) is 5.35. The van der Waals surface area contributed by atoms with Gasteiger partial charge in [-0.15, -0.1) is 0 Å². The molecule has 9 heteroatoms. The number of methoxy groups -OCH3 is 1. The fraction of sp³-hybridized carbons (Fsp3) is 0.115. The number of nitrogens with zero attached hydrogens (tertiary/aromatic N) is 2. The van der Waals surface area contributed by atoms with Gasteiger partial charge in [-0.3, -0.25) is 9.69 Å². The number of carbonyl (C=O) groups is 2. The number of thioether (sulfide) groups is 1. The quantitative estimate of drug-likeness (QED) is 0.448. The Labute approximate surface area is 205 Å². The normalized spacial score (nSPS) is 15.6. The van der Waals surface area contributed by atoms with Crippen LogP contribution < -0.4 is 9.47 Å². The molecule has 0 saturated carbocycles. The van der Waals surface area contributed by atoms with Crippen molar-refractivity contribution in [2.75, 3.05) is 14.2 Å². The van der Waals surface area contributed by atoms with Crippen molar-refractivity contribution in [3.63, 3.8) is 0 Å². The summed E-state index contributed by atoms with van der Waals surface area (Å²) in [5.41, 5.74) is 2.13. The molecule has 7 nitrogen and oxygen atoms in total. The van der Waals surface area contributed by atoms with Crippen molar-refractivity contribution in [3.8, 4) is 11.5 Å². The van der Waals surface area contributed by atoms with Gasteiger partial charge in [0.15, 0.2) is 16.7 Å². The highest BCUT2D eigenvalue weighted by Crippen LogP contribution is 2.35. The number of halogens is 1. The first-order valence-electron chi connectivity index (χ1n) is 10.5. The summed E-state index contributed by atoms with van der Waals surface area (Å²) in [7, 11) is 3.15. The summed E-state index contributed by atoms with van der Waals surface area (Å²) in [4.78, 5) is 30.2. The van der Waals surface area contributed by atoms with E-state index < -0.39 is 5.97 Å². The van der Waals surface area contributed by atoms with E-state index in [0.29, 0.717) is 32.8 Å². The van der Waals surface area contributed by atoms with Gasteiger partial charge in [-0.1, -0.05) is 18.2 Å². The molecule has 3 aromatic carbocycles. The van der Waals surface area contributed by atoms with Crippen molar-refractivity contribution in [3.05, 3.63) is 94.1 Å². The highest BCUT2D eigenvalue weighted by atomic mass is 32.2. The van der Waals surface area contributed by atoms with E-state index in [1.807, 2.05) is 0 Å². The van der Waals surface area contributed by atoms with Gasteiger partial charge in [-0.05, 0) is 77.5 Å². The Kier molecular flexibility index (Phi) is 7.17. The maximum Gasteiger partial charge on any atom is 0.335 e. The predicted molar refractivity (Wildman–Crippen MR) is 133 cm³/mol. The van der Waals surface area contributed by atoms with Crippen LogP contribution in [-0.4, -0.2) is 41.2 Å². The van der Waals surface area contributed by atoms with Crippen molar-refractivity contribution in [2.45, 2.75) is 6.61 Å². The van der Waals surface area contributed by atoms with Gasteiger partial charge in [0.25, 0.3) is 5.91 Å². The summed E-state index contributed by atoms with van der Waals surface area (Å²) in [6, 6.07) is 17.6. The molecular formula is C26H21FN2O5S. The van der Waals surface area contributed by atoms with Gasteiger partial charge in [0, 0.05) is 7.05 Å². The van der Waals surface area contributed by atoms with Crippen LogP contribution in [0.3, 0.4) is 0 Å². The lowest BCUT2D eigenvalue weighted by Crippen LogP contribution is -2.23. The van der Waals surface area contributed by atoms with Crippen LogP contribution in [-0.2, 0) is 11.4 Å². The zero-order chi connectivity index (χ0) is 24.9. The van der Waals surface area contributed by atoms with Gasteiger partial charge in [-0.25, -0.2) is 14.2 Å². The molecule has 1 heterocycles. The monoisotopic (exact) mass is 492 g/mol. The van der Waals surface area contributed by atoms with Crippen molar-refractivity contribution in [2.24, 2.45) is 4.99 Å². The van der Waals surface area contributed by atoms with Gasteiger partial charge in [-0.2, -0.15) is 0 Å². The first-order valence-corrected chi connectivity index (χ1v) is 11.3. The lowest BCUT2D eigenvalue weighted by atomic mass is 10.1. The van der Waals surface area contributed by atoms with E-state index in [9.17, 15) is 14.0 Å². The summed E-state index contributed by atoms with van der Waals surface area (Å²) in [6.07, 6.45) is 1.73. The Balaban J connectivity index is 1.51. The Morgan fingerprint density at radius 2 is 1.89 bits per heavy atom. The number of amidine groups is 1. The molecule has 0 aromatic heterocycles. The number of aromatic carboxylic acids is 1. The second kappa shape index (κ2) is 10.4. The molecule has 0 atom stereocenters. The Morgan fingerprint density at radius 3 is 2.57 bits per heavy atom. The first-order chi connectivity index (χ1) is 16.8. The summed E-state index contributed by atoms with van der Waals surface area (Å²) < 4.78 is 24.6. The SMILES string of the molecule is COc1cc(C=C2SC(=Nc3ccc(C(=O)O)cc3)N(C)C2=O)ccc1OCc1cccc(F)c1. The number of carboxylic acid groups (broad SMARTS) is 1. The molecule has 3 aromatic rings. The highest BCUT2D eigenvalue weighted by molar-refractivity contribution is 8.18. The van der Waals surface area contributed by atoms with Gasteiger partial charge in [0.2, 0.25) is 0 Å². The number of carboxylic acids is 1. The highest BCUT2D eigenvalue weighted by Gasteiger charge is 2.30. The molecule has 1 amide bonds. The molecule has 1 saturated heterocycles. The van der Waals surface area contributed by atoms with Crippen LogP contribution in [0.15, 0.2) is 76.6 Å². The average molecular weight is 493 g/mol. The van der Waals surface area contributed by atoms with E-state index in [4.69, 9.17) is 14.6 Å². The van der Waals surface area contributed by atoms with Crippen molar-refractivity contribution >= 4 is 40.6 Å². The van der Waals surface area contributed by atoms with Crippen LogP contribution >= 0.6 is 11.8 Å². The van der Waals surface area contributed by atoms with E-state index in [1.165, 1.54) is 48.0 Å². The second-order valence-corrected chi connectivity index (χ2v) is 8.56. The number of aliphatic imine (C=N–C) groups is 1. The minimum absolute atomic E-state index is 0.162. The topological polar surface area (TPSA) is 88.4 Å². The largest absolute Gasteiger partial charge is 0.493 e. The van der Waals surface area contributed by atoms with Gasteiger partial charge < -0.3 is 14.6 Å². The number of hydrogen-bond donors (Lipinski definition) is 1. The number of carbonyl (C=O) groups excluding carboxylic acids is 1. The third-order valence-electron chi connectivity index (χ3n) is 5.11. The molecule has 1 N–H and O–H groups in total. The molecule has 1 fully saturated rings. The number of rotatable bonds is 7. The van der Waals surface area contributed by atoms with E-state index in [0.717, 1.165) is 5.56 Å². The summed E-state index contributed by atoms with van der Waals surface area (Å²) in [5, 5.41) is 9.51. The fourth-order valence-electron chi connectivity index (χ4n) is 3.27. The van der Waals surface area contributed by atoms with Crippen LogP contribution in [0.5, 0.6) is 11.5 Å². The average Bonchev–Trinajstić information content (AvgIpc) is 3.11. The third kappa shape index (κ3) is 5.70. The van der Waals surface area contributed by atoms with E-state index in [-0.39, 0.29) is 23.9 Å². The van der Waals surface area contributed by atoms with Crippen molar-refractivity contribution in [1.29, 1.82) is 0 Å². The number of hydrogen-bond acceptors (Lipinski definition) is 6. The fourth-order valence-corrected chi connectivity index (χ4v) is 4.26. The first kappa shape index (κ1) is 24.0. The maximum atomic E-state index is 13.4. The van der Waals surface area contributed by atoms with Crippen LogP contribution in [0.2, 0.25) is 0 Å². The van der Waals surface area contributed by atoms with Gasteiger partial charge in [0.1, 0.15) is 12.4 Å². The maximum absolute atomic E-state index is 13.4. The standard InChI is InChI=1S/C26H21FN2O5S/c1-29-24(30)23(35-26(29)28-20-9-7-18(8-10-20)25(31)32)14-16-6-11-21(22(13-16)33-2)34-15-17-4-3-5-19(27)12-17/h3-14H,15H2,1-2H3,(H,31,32). The molecule has 0 aliphatic carbocycles. The van der Waals surface area contributed by atoms with Gasteiger partial charge in [0.05, 0.1) is 23.3 Å². The van der Waals surface area contributed by atoms with Crippen LogP contribution in [0.1, 0.15) is 21.5 Å². The number of amides is 1. The zero-order valence-corrected chi connectivity index (χ0v) is 19.7. The van der Waals surface area contributed by atoms with Crippen LogP contribution in [0.25, 0.3) is 6.08 Å². The van der Waals surface area contributed by atoms with Crippen molar-refractivity contribution < 1.29 is 28.6 Å². The summed E-state index contributed by atoms with van der Waals surface area (Å²) in [5.74, 6) is -0.580. The molecule has 0 bridgehead atoms. The zero-order valence-electron chi connectivity index (χ0n) is 18.9. The number of likely N-dealkylation sites (N-methyl/N-ethyl adjacent to an activating group) is 1. The summed E-state index contributed by atoms with van der Waals surface area (Å²) in [6.45, 7) is 0.182. The molecular weight excluding hydrogens is 471 g/mol. The number of benzene rings is 3. The molecule has 35 heavy (non-hydrogen) atoms. The van der Waals surface area contributed by atoms with Crippen LogP contribution in [0, 0.1) is 5.82 Å². The molecule has 1 aliphatic heterocycles. The van der Waals surface area contributed by atoms with Crippen LogP contribution in [0.4, 0.5) is 10.1 Å². The minimum Gasteiger partial charge on any atom is -0.493 e. The molecule has 0 spiro atoms. The lowest BCUT2D eigenvalue weighted by Gasteiger charge is -2.11. The molecule has 4 rings (SSSR count). The van der Waals surface area contributed by atoms with E-state index in [2.05, 4.69) is 4.99 Å². The number of ether oxygens (including phenoxy) is 2. The molecule has 1 aliphatic rings. The Morgan fingerprint density at radius 1 is 1.11 bits per heavy atom.